The molecule has 0 spiro atoms. The number of nitrogens with zero attached hydrogens (tertiary/aromatic N) is 3. The molecule has 0 atom stereocenters. The van der Waals surface area contributed by atoms with E-state index in [0.717, 1.165) is 0 Å². The van der Waals surface area contributed by atoms with Crippen molar-refractivity contribution in [3.63, 3.8) is 0 Å². The van der Waals surface area contributed by atoms with Crippen molar-refractivity contribution in [3.8, 4) is 0 Å². The van der Waals surface area contributed by atoms with E-state index in [4.69, 9.17) is 0 Å². The Morgan fingerprint density at radius 3 is 2.62 bits per heavy atom. The second-order valence-electron chi connectivity index (χ2n) is 5.15. The van der Waals surface area contributed by atoms with Gasteiger partial charge < -0.3 is 10.2 Å². The number of hydrogen-bond donors (Lipinski definition) is 2. The molecule has 128 valence electrons. The first-order chi connectivity index (χ1) is 11.4. The van der Waals surface area contributed by atoms with E-state index in [9.17, 15) is 13.2 Å². The molecule has 0 aliphatic rings. The summed E-state index contributed by atoms with van der Waals surface area (Å²) in [5.41, 5.74) is 0.604. The van der Waals surface area contributed by atoms with E-state index >= 15 is 0 Å². The van der Waals surface area contributed by atoms with Gasteiger partial charge in [0, 0.05) is 20.3 Å². The highest BCUT2D eigenvalue weighted by Gasteiger charge is 2.16. The molecule has 2 rings (SSSR count). The lowest BCUT2D eigenvalue weighted by molar-refractivity contribution is -0.126. The van der Waals surface area contributed by atoms with E-state index in [1.54, 1.807) is 50.6 Å². The summed E-state index contributed by atoms with van der Waals surface area (Å²) in [6.07, 6.45) is 1.59. The molecule has 2 aromatic heterocycles. The molecule has 2 heterocycles. The third-order valence-corrected chi connectivity index (χ3v) is 4.39. The van der Waals surface area contributed by atoms with Crippen molar-refractivity contribution in [2.45, 2.75) is 11.6 Å². The van der Waals surface area contributed by atoms with Crippen LogP contribution >= 0.6 is 0 Å². The van der Waals surface area contributed by atoms with Crippen molar-refractivity contribution in [2.75, 3.05) is 26.0 Å². The van der Waals surface area contributed by atoms with Gasteiger partial charge in [-0.2, -0.15) is 0 Å². The Kier molecular flexibility index (Phi) is 5.83. The minimum absolute atomic E-state index is 0.0326. The van der Waals surface area contributed by atoms with Crippen molar-refractivity contribution in [2.24, 2.45) is 0 Å². The molecule has 0 bridgehead atoms. The fourth-order valence-corrected chi connectivity index (χ4v) is 2.69. The lowest BCUT2D eigenvalue weighted by atomic mass is 10.4. The lowest BCUT2D eigenvalue weighted by Crippen LogP contribution is -2.29. The first-order valence-electron chi connectivity index (χ1n) is 7.19. The van der Waals surface area contributed by atoms with Gasteiger partial charge in [-0.25, -0.2) is 18.1 Å². The molecular weight excluding hydrogens is 330 g/mol. The Labute approximate surface area is 141 Å². The maximum absolute atomic E-state index is 12.3. The Morgan fingerprint density at radius 1 is 1.17 bits per heavy atom. The van der Waals surface area contributed by atoms with Crippen LogP contribution in [-0.4, -0.2) is 49.8 Å². The Hall–Kier alpha value is -2.52. The summed E-state index contributed by atoms with van der Waals surface area (Å²) in [6.45, 7) is 0.104. The molecule has 2 N–H and O–H groups in total. The Bertz CT molecular complexity index is 794. The van der Waals surface area contributed by atoms with Gasteiger partial charge in [0.25, 0.3) is 10.0 Å². The zero-order chi connectivity index (χ0) is 17.6. The number of rotatable bonds is 7. The number of anilines is 1. The average molecular weight is 349 g/mol. The maximum Gasteiger partial charge on any atom is 0.258 e. The van der Waals surface area contributed by atoms with E-state index in [1.165, 1.54) is 11.0 Å². The molecule has 1 amide bonds. The molecule has 0 aliphatic heterocycles. The van der Waals surface area contributed by atoms with Crippen LogP contribution in [0.4, 0.5) is 5.82 Å². The smallest absolute Gasteiger partial charge is 0.258 e. The predicted octanol–water partition coefficient (Wildman–Crippen LogP) is 0.455. The van der Waals surface area contributed by atoms with Crippen LogP contribution in [0.2, 0.25) is 0 Å². The molecule has 9 heteroatoms. The highest BCUT2D eigenvalue weighted by atomic mass is 32.2. The number of nitrogens with one attached hydrogen (secondary N) is 2. The fraction of sp³-hybridized carbons (Fsp3) is 0.267. The van der Waals surface area contributed by atoms with Gasteiger partial charge in [-0.3, -0.25) is 9.78 Å². The summed E-state index contributed by atoms with van der Waals surface area (Å²) in [5.74, 6) is 0.171. The van der Waals surface area contributed by atoms with Gasteiger partial charge in [-0.1, -0.05) is 12.1 Å². The minimum atomic E-state index is -3.77. The standard InChI is InChI=1S/C15H19N5O3S/c1-20(2)15(21)11-17-13-7-5-8-14(19-13)24(22,23)18-10-12-6-3-4-9-16-12/h3-9,18H,10-11H2,1-2H3,(H,17,19). The molecule has 2 aromatic rings. The molecule has 0 aromatic carbocycles. The van der Waals surface area contributed by atoms with Crippen molar-refractivity contribution < 1.29 is 13.2 Å². The van der Waals surface area contributed by atoms with Gasteiger partial charge >= 0.3 is 0 Å². The Morgan fingerprint density at radius 2 is 1.96 bits per heavy atom. The van der Waals surface area contributed by atoms with E-state index < -0.39 is 10.0 Å². The van der Waals surface area contributed by atoms with Gasteiger partial charge in [0.1, 0.15) is 5.82 Å². The van der Waals surface area contributed by atoms with Crippen molar-refractivity contribution in [3.05, 3.63) is 48.3 Å². The van der Waals surface area contributed by atoms with Crippen LogP contribution in [0.5, 0.6) is 0 Å². The number of amides is 1. The zero-order valence-corrected chi connectivity index (χ0v) is 14.2. The summed E-state index contributed by atoms with van der Waals surface area (Å²) >= 11 is 0. The number of carbonyl (C=O) groups excluding carboxylic acids is 1. The van der Waals surface area contributed by atoms with Crippen LogP contribution in [0.15, 0.2) is 47.6 Å². The van der Waals surface area contributed by atoms with Crippen LogP contribution in [0.25, 0.3) is 0 Å². The second kappa shape index (κ2) is 7.84. The van der Waals surface area contributed by atoms with Crippen molar-refractivity contribution >= 4 is 21.7 Å². The summed E-state index contributed by atoms with van der Waals surface area (Å²) < 4.78 is 27.0. The monoisotopic (exact) mass is 349 g/mol. The number of likely N-dealkylation sites (N-methyl/N-ethyl adjacent to an activating group) is 1. The first kappa shape index (κ1) is 17.8. The quantitative estimate of drug-likeness (QED) is 0.752. The molecule has 0 unspecified atom stereocenters. The van der Waals surface area contributed by atoms with Gasteiger partial charge in [0.05, 0.1) is 18.8 Å². The number of carbonyl (C=O) groups is 1. The van der Waals surface area contributed by atoms with Crippen LogP contribution < -0.4 is 10.0 Å². The van der Waals surface area contributed by atoms with E-state index in [1.807, 2.05) is 0 Å². The summed E-state index contributed by atoms with van der Waals surface area (Å²) in [4.78, 5) is 21.1. The normalized spacial score (nSPS) is 11.1. The highest BCUT2D eigenvalue weighted by molar-refractivity contribution is 7.89. The summed E-state index contributed by atoms with van der Waals surface area (Å²) in [5, 5.41) is 2.68. The van der Waals surface area contributed by atoms with Gasteiger partial charge in [0.2, 0.25) is 5.91 Å². The molecule has 8 nitrogen and oxygen atoms in total. The van der Waals surface area contributed by atoms with Crippen LogP contribution in [-0.2, 0) is 21.4 Å². The molecule has 0 fully saturated rings. The van der Waals surface area contributed by atoms with Gasteiger partial charge in [0.15, 0.2) is 5.03 Å². The fourth-order valence-electron chi connectivity index (χ4n) is 1.73. The SMILES string of the molecule is CN(C)C(=O)CNc1cccc(S(=O)(=O)NCc2ccccn2)n1. The third-order valence-electron chi connectivity index (χ3n) is 3.09. The van der Waals surface area contributed by atoms with Crippen LogP contribution in [0.3, 0.4) is 0 Å². The number of hydrogen-bond acceptors (Lipinski definition) is 6. The second-order valence-corrected chi connectivity index (χ2v) is 6.86. The number of aromatic nitrogens is 2. The maximum atomic E-state index is 12.3. The van der Waals surface area contributed by atoms with E-state index in [2.05, 4.69) is 20.0 Å². The Balaban J connectivity index is 2.04. The molecular formula is C15H19N5O3S. The molecule has 0 aliphatic carbocycles. The highest BCUT2D eigenvalue weighted by Crippen LogP contribution is 2.10. The summed E-state index contributed by atoms with van der Waals surface area (Å²) in [6, 6.07) is 9.80. The number of sulfonamides is 1. The van der Waals surface area contributed by atoms with Gasteiger partial charge in [-0.05, 0) is 24.3 Å². The van der Waals surface area contributed by atoms with Crippen molar-refractivity contribution in [1.82, 2.24) is 19.6 Å². The minimum Gasteiger partial charge on any atom is -0.361 e. The summed E-state index contributed by atoms with van der Waals surface area (Å²) in [7, 11) is -0.495. The topological polar surface area (TPSA) is 104 Å². The van der Waals surface area contributed by atoms with Gasteiger partial charge in [-0.15, -0.1) is 0 Å². The number of pyridine rings is 2. The molecule has 0 radical (unpaired) electrons. The zero-order valence-electron chi connectivity index (χ0n) is 13.4. The molecule has 0 saturated carbocycles. The van der Waals surface area contributed by atoms with E-state index in [-0.39, 0.29) is 24.0 Å². The first-order valence-corrected chi connectivity index (χ1v) is 8.67. The predicted molar refractivity (Wildman–Crippen MR) is 89.7 cm³/mol. The van der Waals surface area contributed by atoms with Crippen molar-refractivity contribution in [1.29, 1.82) is 0 Å². The van der Waals surface area contributed by atoms with Crippen LogP contribution in [0, 0.1) is 0 Å². The lowest BCUT2D eigenvalue weighted by Gasteiger charge is -2.12. The largest absolute Gasteiger partial charge is 0.361 e. The van der Waals surface area contributed by atoms with Crippen LogP contribution in [0.1, 0.15) is 5.69 Å². The molecule has 0 saturated heterocycles. The van der Waals surface area contributed by atoms with E-state index in [0.29, 0.717) is 11.5 Å². The average Bonchev–Trinajstić information content (AvgIpc) is 2.59. The molecule has 24 heavy (non-hydrogen) atoms. The third kappa shape index (κ3) is 5.00.